The van der Waals surface area contributed by atoms with E-state index in [0.29, 0.717) is 23.7 Å². The van der Waals surface area contributed by atoms with Gasteiger partial charge in [-0.15, -0.1) is 0 Å². The molecule has 2 atom stereocenters. The van der Waals surface area contributed by atoms with Crippen molar-refractivity contribution in [3.63, 3.8) is 0 Å². The van der Waals surface area contributed by atoms with E-state index in [0.717, 1.165) is 0 Å². The lowest BCUT2D eigenvalue weighted by atomic mass is 10.2. The van der Waals surface area contributed by atoms with Crippen molar-refractivity contribution in [3.8, 4) is 0 Å². The Bertz CT molecular complexity index is 518. The molecular formula is C14H18N2O3S. The minimum atomic E-state index is -0.864. The fraction of sp³-hybridized carbons (Fsp3) is 0.429. The minimum Gasteiger partial charge on any atom is -0.304 e. The largest absolute Gasteiger partial charge is 0.304 e. The Morgan fingerprint density at radius 2 is 2.00 bits per heavy atom. The van der Waals surface area contributed by atoms with Gasteiger partial charge in [-0.25, -0.2) is 4.90 Å². The van der Waals surface area contributed by atoms with E-state index in [4.69, 9.17) is 0 Å². The van der Waals surface area contributed by atoms with Gasteiger partial charge in [0.05, 0.1) is 18.2 Å². The standard InChI is InChI=1S/C14H18N2O3S/c1-2-20(19)9-8-15-12-10-13(17)16(14(12)18)11-6-4-3-5-7-11/h3-7,12,15H,2,8-10H2,1H3. The molecule has 1 aliphatic rings. The third-order valence-electron chi connectivity index (χ3n) is 3.20. The van der Waals surface area contributed by atoms with Crippen molar-refractivity contribution in [3.05, 3.63) is 30.3 Å². The molecule has 1 aromatic carbocycles. The van der Waals surface area contributed by atoms with Crippen molar-refractivity contribution >= 4 is 28.3 Å². The lowest BCUT2D eigenvalue weighted by Gasteiger charge is -2.15. The van der Waals surface area contributed by atoms with Crippen molar-refractivity contribution in [1.82, 2.24) is 5.32 Å². The number of hydrogen-bond donors (Lipinski definition) is 1. The number of nitrogens with zero attached hydrogens (tertiary/aromatic N) is 1. The molecule has 2 rings (SSSR count). The number of amides is 2. The second kappa shape index (κ2) is 6.76. The highest BCUT2D eigenvalue weighted by Gasteiger charge is 2.38. The molecule has 1 heterocycles. The maximum atomic E-state index is 12.2. The summed E-state index contributed by atoms with van der Waals surface area (Å²) in [6.07, 6.45) is 0.159. The first-order valence-electron chi connectivity index (χ1n) is 6.63. The zero-order valence-electron chi connectivity index (χ0n) is 11.4. The van der Waals surface area contributed by atoms with Gasteiger partial charge in [-0.1, -0.05) is 25.1 Å². The van der Waals surface area contributed by atoms with Crippen LogP contribution >= 0.6 is 0 Å². The SMILES string of the molecule is CCS(=O)CCNC1CC(=O)N(c2ccccc2)C1=O. The van der Waals surface area contributed by atoms with Crippen LogP contribution in [0.25, 0.3) is 0 Å². The van der Waals surface area contributed by atoms with Crippen LogP contribution in [0.15, 0.2) is 30.3 Å². The summed E-state index contributed by atoms with van der Waals surface area (Å²) in [6, 6.07) is 8.40. The Kier molecular flexibility index (Phi) is 5.03. The molecule has 0 spiro atoms. The number of nitrogens with one attached hydrogen (secondary N) is 1. The smallest absolute Gasteiger partial charge is 0.251 e. The Hall–Kier alpha value is -1.53. The van der Waals surface area contributed by atoms with Crippen LogP contribution in [0.2, 0.25) is 0 Å². The van der Waals surface area contributed by atoms with Crippen LogP contribution in [-0.2, 0) is 20.4 Å². The summed E-state index contributed by atoms with van der Waals surface area (Å²) in [5, 5.41) is 3.02. The lowest BCUT2D eigenvalue weighted by molar-refractivity contribution is -0.121. The zero-order chi connectivity index (χ0) is 14.5. The number of hydrogen-bond acceptors (Lipinski definition) is 4. The third kappa shape index (κ3) is 3.32. The number of para-hydroxylation sites is 1. The van der Waals surface area contributed by atoms with Gasteiger partial charge < -0.3 is 5.32 Å². The van der Waals surface area contributed by atoms with E-state index in [1.165, 1.54) is 4.90 Å². The molecule has 1 aromatic rings. The number of carbonyl (C=O) groups excluding carboxylic acids is 2. The van der Waals surface area contributed by atoms with E-state index in [9.17, 15) is 13.8 Å². The van der Waals surface area contributed by atoms with Crippen molar-refractivity contribution in [2.75, 3.05) is 23.0 Å². The monoisotopic (exact) mass is 294 g/mol. The second-order valence-corrected chi connectivity index (χ2v) is 6.41. The number of rotatable bonds is 6. The molecule has 1 aliphatic heterocycles. The summed E-state index contributed by atoms with van der Waals surface area (Å²) in [4.78, 5) is 25.4. The molecule has 0 aliphatic carbocycles. The van der Waals surface area contributed by atoms with Crippen LogP contribution in [0.3, 0.4) is 0 Å². The summed E-state index contributed by atoms with van der Waals surface area (Å²) >= 11 is 0. The van der Waals surface area contributed by atoms with Gasteiger partial charge >= 0.3 is 0 Å². The number of benzene rings is 1. The first-order chi connectivity index (χ1) is 9.63. The van der Waals surface area contributed by atoms with Gasteiger partial charge in [-0.3, -0.25) is 13.8 Å². The summed E-state index contributed by atoms with van der Waals surface area (Å²) in [5.74, 6) is 0.675. The number of imide groups is 1. The fourth-order valence-corrected chi connectivity index (χ4v) is 2.77. The molecule has 0 aromatic heterocycles. The number of carbonyl (C=O) groups is 2. The molecule has 0 radical (unpaired) electrons. The van der Waals surface area contributed by atoms with Crippen molar-refractivity contribution in [2.45, 2.75) is 19.4 Å². The van der Waals surface area contributed by atoms with Crippen LogP contribution < -0.4 is 10.2 Å². The third-order valence-corrected chi connectivity index (χ3v) is 4.51. The van der Waals surface area contributed by atoms with Gasteiger partial charge in [-0.2, -0.15) is 0 Å². The van der Waals surface area contributed by atoms with Gasteiger partial charge in [0, 0.05) is 28.9 Å². The van der Waals surface area contributed by atoms with Crippen LogP contribution in [0.4, 0.5) is 5.69 Å². The molecule has 1 saturated heterocycles. The molecule has 0 bridgehead atoms. The predicted octanol–water partition coefficient (Wildman–Crippen LogP) is 0.677. The predicted molar refractivity (Wildman–Crippen MR) is 78.9 cm³/mol. The molecule has 108 valence electrons. The summed E-state index contributed by atoms with van der Waals surface area (Å²) < 4.78 is 11.3. The molecule has 5 nitrogen and oxygen atoms in total. The molecular weight excluding hydrogens is 276 g/mol. The summed E-state index contributed by atoms with van der Waals surface area (Å²) in [6.45, 7) is 2.34. The summed E-state index contributed by atoms with van der Waals surface area (Å²) in [7, 11) is -0.864. The van der Waals surface area contributed by atoms with Gasteiger partial charge in [0.1, 0.15) is 0 Å². The Morgan fingerprint density at radius 1 is 1.30 bits per heavy atom. The normalized spacial score (nSPS) is 20.4. The highest BCUT2D eigenvalue weighted by atomic mass is 32.2. The van der Waals surface area contributed by atoms with E-state index in [1.807, 2.05) is 13.0 Å². The maximum absolute atomic E-state index is 12.2. The quantitative estimate of drug-likeness (QED) is 0.783. The van der Waals surface area contributed by atoms with E-state index in [1.54, 1.807) is 24.3 Å². The average Bonchev–Trinajstić information content (AvgIpc) is 2.74. The van der Waals surface area contributed by atoms with E-state index in [2.05, 4.69) is 5.32 Å². The Morgan fingerprint density at radius 3 is 2.65 bits per heavy atom. The first kappa shape index (κ1) is 14.9. The molecule has 1 N–H and O–H groups in total. The van der Waals surface area contributed by atoms with Crippen molar-refractivity contribution in [2.24, 2.45) is 0 Å². The van der Waals surface area contributed by atoms with Crippen LogP contribution in [0.1, 0.15) is 13.3 Å². The van der Waals surface area contributed by atoms with Gasteiger partial charge in [0.25, 0.3) is 5.91 Å². The van der Waals surface area contributed by atoms with Gasteiger partial charge in [-0.05, 0) is 12.1 Å². The highest BCUT2D eigenvalue weighted by Crippen LogP contribution is 2.22. The second-order valence-electron chi connectivity index (χ2n) is 4.55. The van der Waals surface area contributed by atoms with Crippen LogP contribution in [-0.4, -0.2) is 40.1 Å². The first-order valence-corrected chi connectivity index (χ1v) is 8.12. The molecule has 0 saturated carbocycles. The molecule has 2 unspecified atom stereocenters. The zero-order valence-corrected chi connectivity index (χ0v) is 12.2. The topological polar surface area (TPSA) is 66.5 Å². The molecule has 6 heteroatoms. The average molecular weight is 294 g/mol. The van der Waals surface area contributed by atoms with E-state index >= 15 is 0 Å². The molecule has 20 heavy (non-hydrogen) atoms. The van der Waals surface area contributed by atoms with E-state index in [-0.39, 0.29) is 18.2 Å². The van der Waals surface area contributed by atoms with Crippen molar-refractivity contribution < 1.29 is 13.8 Å². The lowest BCUT2D eigenvalue weighted by Crippen LogP contribution is -2.40. The van der Waals surface area contributed by atoms with Gasteiger partial charge in [0.2, 0.25) is 5.91 Å². The van der Waals surface area contributed by atoms with Crippen molar-refractivity contribution in [1.29, 1.82) is 0 Å². The minimum absolute atomic E-state index is 0.159. The Labute approximate surface area is 120 Å². The fourth-order valence-electron chi connectivity index (χ4n) is 2.13. The van der Waals surface area contributed by atoms with Crippen LogP contribution in [0.5, 0.6) is 0 Å². The number of anilines is 1. The molecule has 1 fully saturated rings. The van der Waals surface area contributed by atoms with Gasteiger partial charge in [0.15, 0.2) is 0 Å². The molecule has 2 amide bonds. The summed E-state index contributed by atoms with van der Waals surface area (Å²) in [5.41, 5.74) is 0.601. The Balaban J connectivity index is 1.97. The van der Waals surface area contributed by atoms with Crippen LogP contribution in [0, 0.1) is 0 Å². The van der Waals surface area contributed by atoms with E-state index < -0.39 is 16.8 Å². The highest BCUT2D eigenvalue weighted by molar-refractivity contribution is 7.84. The maximum Gasteiger partial charge on any atom is 0.251 e.